The molecule has 0 fully saturated rings. The maximum Gasteiger partial charge on any atom is 0.434 e. The molecule has 1 aromatic carbocycles. The molecule has 2 aromatic rings. The fourth-order valence-corrected chi connectivity index (χ4v) is 9.65. The van der Waals surface area contributed by atoms with Crippen molar-refractivity contribution in [3.8, 4) is 0 Å². The van der Waals surface area contributed by atoms with Gasteiger partial charge in [0.15, 0.2) is 8.07 Å². The number of nitrogens with zero attached hydrogens (tertiary/aromatic N) is 2. The smallest absolute Gasteiger partial charge is 0.434 e. The lowest BCUT2D eigenvalue weighted by Crippen LogP contribution is -2.66. The van der Waals surface area contributed by atoms with Crippen LogP contribution in [-0.2, 0) is 9.47 Å². The third-order valence-corrected chi connectivity index (χ3v) is 11.7. The highest BCUT2D eigenvalue weighted by Gasteiger charge is 2.60. The first kappa shape index (κ1) is 28.3. The van der Waals surface area contributed by atoms with Gasteiger partial charge in [0.2, 0.25) is 0 Å². The standard InChI is InChI=1S/C22H24F6N2O4Si/c1-12(2)35(13(3)4,20-29-9-6-10-30-20)16-8-7-14(17(31)33-5)11-15(16)18(32)34-19(21(23,24)25)22(26,27)28/h6-13,19H,1-5H3. The summed E-state index contributed by atoms with van der Waals surface area (Å²) in [5.74, 6) is -2.81. The molecule has 35 heavy (non-hydrogen) atoms. The highest BCUT2D eigenvalue weighted by Crippen LogP contribution is 2.37. The van der Waals surface area contributed by atoms with Crippen molar-refractivity contribution in [3.05, 3.63) is 47.8 Å². The van der Waals surface area contributed by atoms with Crippen molar-refractivity contribution < 1.29 is 45.4 Å². The lowest BCUT2D eigenvalue weighted by Gasteiger charge is -2.39. The highest BCUT2D eigenvalue weighted by atomic mass is 28.3. The van der Waals surface area contributed by atoms with E-state index in [1.54, 1.807) is 33.8 Å². The Hall–Kier alpha value is -2.96. The molecule has 0 aliphatic rings. The fourth-order valence-electron chi connectivity index (χ4n) is 4.25. The first-order chi connectivity index (χ1) is 16.1. The summed E-state index contributed by atoms with van der Waals surface area (Å²) in [5, 5.41) is 0.148. The van der Waals surface area contributed by atoms with E-state index in [0.29, 0.717) is 5.45 Å². The number of halogens is 6. The molecule has 6 nitrogen and oxygen atoms in total. The maximum atomic E-state index is 13.1. The predicted molar refractivity (Wildman–Crippen MR) is 116 cm³/mol. The molecular formula is C22H24F6N2O4Si. The number of esters is 2. The number of carbonyl (C=O) groups excluding carboxylic acids is 2. The van der Waals surface area contributed by atoms with Crippen LogP contribution in [0.1, 0.15) is 48.4 Å². The Bertz CT molecular complexity index is 1040. The number of ether oxygens (including phenoxy) is 2. The highest BCUT2D eigenvalue weighted by molar-refractivity contribution is 7.03. The topological polar surface area (TPSA) is 78.4 Å². The van der Waals surface area contributed by atoms with E-state index in [4.69, 9.17) is 0 Å². The molecule has 0 aliphatic heterocycles. The van der Waals surface area contributed by atoms with E-state index in [2.05, 4.69) is 19.4 Å². The lowest BCUT2D eigenvalue weighted by atomic mass is 10.1. The first-order valence-corrected chi connectivity index (χ1v) is 12.6. The molecule has 0 spiro atoms. The molecule has 0 atom stereocenters. The lowest BCUT2D eigenvalue weighted by molar-refractivity contribution is -0.307. The van der Waals surface area contributed by atoms with Gasteiger partial charge in [-0.1, -0.05) is 33.8 Å². The Labute approximate surface area is 198 Å². The summed E-state index contributed by atoms with van der Waals surface area (Å²) in [4.78, 5) is 33.7. The Morgan fingerprint density at radius 2 is 1.40 bits per heavy atom. The van der Waals surface area contributed by atoms with Crippen molar-refractivity contribution in [2.45, 2.75) is 57.2 Å². The van der Waals surface area contributed by atoms with Gasteiger partial charge < -0.3 is 9.47 Å². The summed E-state index contributed by atoms with van der Waals surface area (Å²) in [6, 6.07) is 5.07. The van der Waals surface area contributed by atoms with Crippen molar-refractivity contribution in [3.63, 3.8) is 0 Å². The summed E-state index contributed by atoms with van der Waals surface area (Å²) < 4.78 is 87.4. The molecule has 2 rings (SSSR count). The quantitative estimate of drug-likeness (QED) is 0.307. The minimum atomic E-state index is -5.90. The van der Waals surface area contributed by atoms with Crippen LogP contribution in [0.5, 0.6) is 0 Å². The average molecular weight is 523 g/mol. The van der Waals surface area contributed by atoms with E-state index in [1.165, 1.54) is 24.5 Å². The molecule has 13 heteroatoms. The van der Waals surface area contributed by atoms with Gasteiger partial charge >= 0.3 is 24.3 Å². The van der Waals surface area contributed by atoms with Crippen LogP contribution in [-0.4, -0.2) is 55.5 Å². The second-order valence-electron chi connectivity index (χ2n) is 8.37. The second-order valence-corrected chi connectivity index (χ2v) is 13.4. The molecule has 0 N–H and O–H groups in total. The van der Waals surface area contributed by atoms with E-state index in [1.807, 2.05) is 0 Å². The molecule has 0 unspecified atom stereocenters. The fraction of sp³-hybridized carbons (Fsp3) is 0.455. The zero-order valence-corrected chi connectivity index (χ0v) is 20.5. The summed E-state index contributed by atoms with van der Waals surface area (Å²) in [7, 11) is -2.22. The minimum Gasteiger partial charge on any atom is -0.465 e. The number of benzene rings is 1. The van der Waals surface area contributed by atoms with Crippen LogP contribution in [0.25, 0.3) is 0 Å². The predicted octanol–water partition coefficient (Wildman–Crippen LogP) is 4.30. The van der Waals surface area contributed by atoms with Crippen LogP contribution in [0.3, 0.4) is 0 Å². The second kappa shape index (κ2) is 10.3. The van der Waals surface area contributed by atoms with Crippen LogP contribution in [0.4, 0.5) is 26.3 Å². The molecule has 1 aromatic heterocycles. The molecule has 0 aliphatic carbocycles. The molecule has 0 amide bonds. The first-order valence-electron chi connectivity index (χ1n) is 10.4. The number of rotatable bonds is 7. The zero-order chi connectivity index (χ0) is 26.8. The number of aromatic nitrogens is 2. The van der Waals surface area contributed by atoms with Gasteiger partial charge in [-0.2, -0.15) is 26.3 Å². The SMILES string of the molecule is COC(=O)c1ccc([Si](c2ncccn2)(C(C)C)C(C)C)c(C(=O)OC(C(F)(F)F)C(F)(F)F)c1. The molecule has 192 valence electrons. The molecular weight excluding hydrogens is 498 g/mol. The van der Waals surface area contributed by atoms with E-state index in [-0.39, 0.29) is 21.8 Å². The molecule has 1 heterocycles. The van der Waals surface area contributed by atoms with Crippen molar-refractivity contribution in [1.29, 1.82) is 0 Å². The number of hydrogen-bond donors (Lipinski definition) is 0. The summed E-state index contributed by atoms with van der Waals surface area (Å²) >= 11 is 0. The van der Waals surface area contributed by atoms with Crippen molar-refractivity contribution in [1.82, 2.24) is 9.97 Å². The summed E-state index contributed by atoms with van der Waals surface area (Å²) in [6.45, 7) is 7.22. The molecule has 0 bridgehead atoms. The number of hydrogen-bond acceptors (Lipinski definition) is 6. The summed E-state index contributed by atoms with van der Waals surface area (Å²) in [6.07, 6.45) is -13.2. The van der Waals surface area contributed by atoms with Gasteiger partial charge in [0.1, 0.15) is 5.45 Å². The van der Waals surface area contributed by atoms with E-state index in [9.17, 15) is 35.9 Å². The molecule has 0 saturated carbocycles. The van der Waals surface area contributed by atoms with Crippen LogP contribution in [0, 0.1) is 0 Å². The van der Waals surface area contributed by atoms with Gasteiger partial charge in [0.25, 0.3) is 6.10 Å². The molecule has 0 saturated heterocycles. The van der Waals surface area contributed by atoms with Gasteiger partial charge in [0, 0.05) is 12.4 Å². The Morgan fingerprint density at radius 1 is 0.886 bits per heavy atom. The zero-order valence-electron chi connectivity index (χ0n) is 19.5. The van der Waals surface area contributed by atoms with E-state index < -0.39 is 44.0 Å². The largest absolute Gasteiger partial charge is 0.465 e. The van der Waals surface area contributed by atoms with E-state index >= 15 is 0 Å². The van der Waals surface area contributed by atoms with Gasteiger partial charge in [-0.25, -0.2) is 19.6 Å². The van der Waals surface area contributed by atoms with Crippen LogP contribution in [0.15, 0.2) is 36.7 Å². The maximum absolute atomic E-state index is 13.1. The van der Waals surface area contributed by atoms with Crippen LogP contribution >= 0.6 is 0 Å². The van der Waals surface area contributed by atoms with E-state index in [0.717, 1.165) is 13.2 Å². The third-order valence-electron chi connectivity index (χ3n) is 5.68. The number of carbonyl (C=O) groups is 2. The van der Waals surface area contributed by atoms with Gasteiger partial charge in [-0.3, -0.25) is 0 Å². The average Bonchev–Trinajstić information content (AvgIpc) is 2.76. The normalized spacial score (nSPS) is 12.9. The van der Waals surface area contributed by atoms with Crippen LogP contribution in [0.2, 0.25) is 11.1 Å². The monoisotopic (exact) mass is 522 g/mol. The van der Waals surface area contributed by atoms with Crippen molar-refractivity contribution in [2.75, 3.05) is 7.11 Å². The van der Waals surface area contributed by atoms with Gasteiger partial charge in [-0.05, 0) is 34.5 Å². The van der Waals surface area contributed by atoms with Crippen molar-refractivity contribution >= 4 is 30.6 Å². The Kier molecular flexibility index (Phi) is 8.35. The Morgan fingerprint density at radius 3 is 1.83 bits per heavy atom. The number of alkyl halides is 6. The summed E-state index contributed by atoms with van der Waals surface area (Å²) in [5.41, 5.74) is -1.05. The van der Waals surface area contributed by atoms with Gasteiger partial charge in [0.05, 0.1) is 18.2 Å². The minimum absolute atomic E-state index is 0.148. The third kappa shape index (κ3) is 5.65. The van der Waals surface area contributed by atoms with Gasteiger partial charge in [-0.15, -0.1) is 0 Å². The van der Waals surface area contributed by atoms with Crippen LogP contribution < -0.4 is 10.6 Å². The molecule has 0 radical (unpaired) electrons. The number of methoxy groups -OCH3 is 1. The van der Waals surface area contributed by atoms with Crippen molar-refractivity contribution in [2.24, 2.45) is 0 Å². The Balaban J connectivity index is 2.86.